The van der Waals surface area contributed by atoms with E-state index in [0.717, 1.165) is 11.6 Å². The first kappa shape index (κ1) is 27.5. The molecule has 2 atom stereocenters. The van der Waals surface area contributed by atoms with Crippen molar-refractivity contribution < 1.29 is 29.0 Å². The number of furan rings is 1. The van der Waals surface area contributed by atoms with Crippen LogP contribution in [-0.2, 0) is 4.79 Å². The van der Waals surface area contributed by atoms with Gasteiger partial charge in [-0.2, -0.15) is 0 Å². The molecule has 1 saturated heterocycles. The van der Waals surface area contributed by atoms with Gasteiger partial charge < -0.3 is 30.2 Å². The highest BCUT2D eigenvalue weighted by Gasteiger charge is 2.41. The lowest BCUT2D eigenvalue weighted by Crippen LogP contribution is -2.32. The van der Waals surface area contributed by atoms with E-state index in [1.165, 1.54) is 12.1 Å². The maximum absolute atomic E-state index is 12.8. The van der Waals surface area contributed by atoms with Crippen LogP contribution in [0.1, 0.15) is 56.2 Å². The number of pyridine rings is 1. The maximum Gasteiger partial charge on any atom is 0.335 e. The average Bonchev–Trinajstić information content (AvgIpc) is 3.58. The number of carbonyl (C=O) groups excluding carboxylic acids is 1. The van der Waals surface area contributed by atoms with Crippen molar-refractivity contribution in [2.24, 2.45) is 0 Å². The molecule has 0 unspecified atom stereocenters. The number of aryl methyl sites for hydroxylation is 1. The molecular formula is C30H26N4O6S. The zero-order valence-electron chi connectivity index (χ0n) is 21.9. The third-order valence-corrected chi connectivity index (χ3v) is 7.09. The predicted molar refractivity (Wildman–Crippen MR) is 155 cm³/mol. The summed E-state index contributed by atoms with van der Waals surface area (Å²) in [6.07, 6.45) is 1.82. The fourth-order valence-corrected chi connectivity index (χ4v) is 5.05. The Balaban J connectivity index is 1.44. The number of nitrogens with one attached hydrogen (secondary N) is 2. The summed E-state index contributed by atoms with van der Waals surface area (Å²) in [6, 6.07) is 19.4. The highest BCUT2D eigenvalue weighted by molar-refractivity contribution is 7.80. The van der Waals surface area contributed by atoms with Crippen molar-refractivity contribution >= 4 is 40.9 Å². The van der Waals surface area contributed by atoms with Crippen LogP contribution in [-0.4, -0.2) is 49.6 Å². The first-order valence-corrected chi connectivity index (χ1v) is 13.2. The molecule has 0 spiro atoms. The zero-order valence-corrected chi connectivity index (χ0v) is 22.7. The molecule has 41 heavy (non-hydrogen) atoms. The number of aromatic carboxylic acids is 2. The Labute approximate surface area is 240 Å². The molecule has 4 aromatic rings. The SMILES string of the molecule is Cc1ccc(NC(=O)CCN2C(=S)N[C@H](c3ccccn3)[C@@H]2c2ccc(-c3cc(C(=O)O)cc(C(=O)O)c3)o2)cc1. The van der Waals surface area contributed by atoms with E-state index in [1.54, 1.807) is 24.4 Å². The van der Waals surface area contributed by atoms with Gasteiger partial charge in [-0.05, 0) is 73.7 Å². The minimum atomic E-state index is -1.25. The molecule has 2 aromatic heterocycles. The number of aromatic nitrogens is 1. The number of rotatable bonds is 9. The van der Waals surface area contributed by atoms with E-state index in [4.69, 9.17) is 16.6 Å². The second-order valence-electron chi connectivity index (χ2n) is 9.60. The van der Waals surface area contributed by atoms with E-state index >= 15 is 0 Å². The van der Waals surface area contributed by atoms with Crippen LogP contribution in [0.5, 0.6) is 0 Å². The van der Waals surface area contributed by atoms with Gasteiger partial charge >= 0.3 is 11.9 Å². The summed E-state index contributed by atoms with van der Waals surface area (Å²) in [5.74, 6) is -1.91. The number of carboxylic acids is 2. The smallest absolute Gasteiger partial charge is 0.335 e. The number of thiocarbonyl (C=S) groups is 1. The van der Waals surface area contributed by atoms with Gasteiger partial charge in [0.15, 0.2) is 5.11 Å². The molecule has 0 saturated carbocycles. The average molecular weight is 571 g/mol. The van der Waals surface area contributed by atoms with Gasteiger partial charge in [0.25, 0.3) is 0 Å². The van der Waals surface area contributed by atoms with Gasteiger partial charge in [0, 0.05) is 30.4 Å². The third kappa shape index (κ3) is 6.10. The number of benzene rings is 2. The number of amides is 1. The summed E-state index contributed by atoms with van der Waals surface area (Å²) in [5.41, 5.74) is 2.46. The summed E-state index contributed by atoms with van der Waals surface area (Å²) in [6.45, 7) is 2.25. The lowest BCUT2D eigenvalue weighted by atomic mass is 10.0. The highest BCUT2D eigenvalue weighted by atomic mass is 32.1. The molecule has 1 aliphatic heterocycles. The van der Waals surface area contributed by atoms with Crippen LogP contribution in [0, 0.1) is 6.92 Å². The van der Waals surface area contributed by atoms with Crippen LogP contribution in [0.4, 0.5) is 5.69 Å². The normalized spacial score (nSPS) is 16.3. The number of nitrogens with zero attached hydrogens (tertiary/aromatic N) is 2. The van der Waals surface area contributed by atoms with Gasteiger partial charge in [0.1, 0.15) is 17.6 Å². The Morgan fingerprint density at radius 1 is 1.00 bits per heavy atom. The van der Waals surface area contributed by atoms with Crippen LogP contribution in [0.3, 0.4) is 0 Å². The number of carboxylic acid groups (broad SMARTS) is 2. The minimum Gasteiger partial charge on any atom is -0.478 e. The van der Waals surface area contributed by atoms with E-state index in [-0.39, 0.29) is 30.0 Å². The molecule has 1 aliphatic rings. The quantitative estimate of drug-likeness (QED) is 0.202. The maximum atomic E-state index is 12.8. The standard InChI is InChI=1S/C30H26N4O6S/c1-17-5-7-21(8-6-17)32-25(35)11-13-34-27(26(33-30(34)41)22-4-2-3-12-31-22)24-10-9-23(40-24)18-14-19(28(36)37)16-20(15-18)29(38)39/h2-10,12,14-16,26-27H,11,13H2,1H3,(H,32,35)(H,33,41)(H,36,37)(H,38,39)/t26-,27+/m1/s1. The number of carbonyl (C=O) groups is 3. The Kier molecular flexibility index (Phi) is 7.79. The Bertz CT molecular complexity index is 1590. The third-order valence-electron chi connectivity index (χ3n) is 6.74. The van der Waals surface area contributed by atoms with Crippen LogP contribution < -0.4 is 10.6 Å². The number of hydrogen-bond acceptors (Lipinski definition) is 6. The van der Waals surface area contributed by atoms with Gasteiger partial charge in [-0.3, -0.25) is 9.78 Å². The van der Waals surface area contributed by atoms with Crippen LogP contribution in [0.25, 0.3) is 11.3 Å². The first-order valence-electron chi connectivity index (χ1n) is 12.8. The van der Waals surface area contributed by atoms with Gasteiger partial charge in [0.2, 0.25) is 5.91 Å². The fourth-order valence-electron chi connectivity index (χ4n) is 4.72. The lowest BCUT2D eigenvalue weighted by Gasteiger charge is -2.25. The van der Waals surface area contributed by atoms with E-state index in [1.807, 2.05) is 48.2 Å². The summed E-state index contributed by atoms with van der Waals surface area (Å²) in [7, 11) is 0. The van der Waals surface area contributed by atoms with Crippen LogP contribution in [0.2, 0.25) is 0 Å². The van der Waals surface area contributed by atoms with E-state index < -0.39 is 24.0 Å². The van der Waals surface area contributed by atoms with Gasteiger partial charge in [-0.15, -0.1) is 0 Å². The van der Waals surface area contributed by atoms with Crippen molar-refractivity contribution in [1.29, 1.82) is 0 Å². The molecular weight excluding hydrogens is 544 g/mol. The van der Waals surface area contributed by atoms with Crippen molar-refractivity contribution in [3.05, 3.63) is 107 Å². The molecule has 11 heteroatoms. The topological polar surface area (TPSA) is 145 Å². The predicted octanol–water partition coefficient (Wildman–Crippen LogP) is 5.05. The van der Waals surface area contributed by atoms with Gasteiger partial charge in [-0.1, -0.05) is 23.8 Å². The van der Waals surface area contributed by atoms with Crippen LogP contribution in [0.15, 0.2) is 83.4 Å². The van der Waals surface area contributed by atoms with Crippen molar-refractivity contribution in [2.45, 2.75) is 25.4 Å². The molecule has 0 aliphatic carbocycles. The number of hydrogen-bond donors (Lipinski definition) is 4. The number of anilines is 1. The second-order valence-corrected chi connectivity index (χ2v) is 9.98. The molecule has 1 fully saturated rings. The molecule has 4 N–H and O–H groups in total. The van der Waals surface area contributed by atoms with E-state index in [0.29, 0.717) is 33.6 Å². The molecule has 1 amide bonds. The molecule has 5 rings (SSSR count). The van der Waals surface area contributed by atoms with Gasteiger partial charge in [-0.25, -0.2) is 9.59 Å². The summed E-state index contributed by atoms with van der Waals surface area (Å²) >= 11 is 5.67. The Morgan fingerprint density at radius 3 is 2.34 bits per heavy atom. The lowest BCUT2D eigenvalue weighted by molar-refractivity contribution is -0.116. The highest BCUT2D eigenvalue weighted by Crippen LogP contribution is 2.40. The molecule has 2 aromatic carbocycles. The summed E-state index contributed by atoms with van der Waals surface area (Å²) in [4.78, 5) is 42.4. The van der Waals surface area contributed by atoms with Crippen molar-refractivity contribution in [2.75, 3.05) is 11.9 Å². The molecule has 208 valence electrons. The summed E-state index contributed by atoms with van der Waals surface area (Å²) in [5, 5.41) is 25.6. The summed E-state index contributed by atoms with van der Waals surface area (Å²) < 4.78 is 6.21. The monoisotopic (exact) mass is 570 g/mol. The van der Waals surface area contributed by atoms with Crippen molar-refractivity contribution in [3.8, 4) is 11.3 Å². The second kappa shape index (κ2) is 11.6. The Morgan fingerprint density at radius 2 is 1.71 bits per heavy atom. The first-order chi connectivity index (χ1) is 19.7. The van der Waals surface area contributed by atoms with Crippen LogP contribution >= 0.6 is 12.2 Å². The van der Waals surface area contributed by atoms with Crippen molar-refractivity contribution in [1.82, 2.24) is 15.2 Å². The van der Waals surface area contributed by atoms with E-state index in [2.05, 4.69) is 15.6 Å². The molecule has 10 nitrogen and oxygen atoms in total. The molecule has 3 heterocycles. The molecule has 0 bridgehead atoms. The van der Waals surface area contributed by atoms with E-state index in [9.17, 15) is 24.6 Å². The largest absolute Gasteiger partial charge is 0.478 e. The van der Waals surface area contributed by atoms with Crippen molar-refractivity contribution in [3.63, 3.8) is 0 Å². The minimum absolute atomic E-state index is 0.150. The fraction of sp³-hybridized carbons (Fsp3) is 0.167. The van der Waals surface area contributed by atoms with Gasteiger partial charge in [0.05, 0.1) is 22.9 Å². The Hall–Kier alpha value is -5.03. The zero-order chi connectivity index (χ0) is 29.1. The molecule has 0 radical (unpaired) electrons.